The first kappa shape index (κ1) is 17.1. The molecule has 1 amide bonds. The average molecular weight is 344 g/mol. The number of nitrogens with zero attached hydrogens (tertiary/aromatic N) is 1. The van der Waals surface area contributed by atoms with Crippen molar-refractivity contribution in [1.29, 1.82) is 0 Å². The van der Waals surface area contributed by atoms with Crippen LogP contribution in [0.2, 0.25) is 0 Å². The summed E-state index contributed by atoms with van der Waals surface area (Å²) in [6, 6.07) is 1.79. The van der Waals surface area contributed by atoms with Crippen LogP contribution in [0.5, 0.6) is 0 Å². The van der Waals surface area contributed by atoms with E-state index in [0.29, 0.717) is 22.2 Å². The van der Waals surface area contributed by atoms with E-state index in [9.17, 15) is 18.4 Å². The molecule has 0 aliphatic heterocycles. The molecule has 2 aromatic heterocycles. The number of nitrogens with one attached hydrogen (secondary N) is 1. The molecule has 2 rings (SSSR count). The maximum atomic E-state index is 12.4. The lowest BCUT2D eigenvalue weighted by Crippen LogP contribution is -2.41. The summed E-state index contributed by atoms with van der Waals surface area (Å²) in [4.78, 5) is 27.4. The minimum absolute atomic E-state index is 0.162. The fraction of sp³-hybridized carbons (Fsp3) is 0.357. The van der Waals surface area contributed by atoms with Crippen LogP contribution in [-0.4, -0.2) is 34.4 Å². The van der Waals surface area contributed by atoms with Crippen molar-refractivity contribution in [3.63, 3.8) is 0 Å². The molecule has 0 bridgehead atoms. The molecule has 0 spiro atoms. The van der Waals surface area contributed by atoms with Gasteiger partial charge in [-0.25, -0.2) is 18.6 Å². The highest BCUT2D eigenvalue weighted by molar-refractivity contribution is 7.17. The van der Waals surface area contributed by atoms with Gasteiger partial charge in [-0.2, -0.15) is 0 Å². The van der Waals surface area contributed by atoms with Crippen LogP contribution in [0.15, 0.2) is 16.5 Å². The number of halogens is 2. The standard InChI is InChI=1S/C14H14F2N2O4S/c1-6-3-4-9(22-6)13-17-7(2)11(23-13)12(19)18-8(14(20)21)5-10(15)16/h3-4,8,10H,5H2,1-2H3,(H,18,19)(H,20,21). The Hall–Kier alpha value is -2.29. The minimum Gasteiger partial charge on any atom is -0.480 e. The van der Waals surface area contributed by atoms with Crippen molar-refractivity contribution in [2.75, 3.05) is 0 Å². The summed E-state index contributed by atoms with van der Waals surface area (Å²) in [6.07, 6.45) is -3.79. The number of carboxylic acid groups (broad SMARTS) is 1. The molecule has 2 heterocycles. The normalized spacial score (nSPS) is 12.4. The number of aromatic nitrogens is 1. The van der Waals surface area contributed by atoms with E-state index in [1.165, 1.54) is 0 Å². The monoisotopic (exact) mass is 344 g/mol. The number of amides is 1. The van der Waals surface area contributed by atoms with E-state index in [4.69, 9.17) is 9.52 Å². The van der Waals surface area contributed by atoms with Gasteiger partial charge in [-0.05, 0) is 26.0 Å². The van der Waals surface area contributed by atoms with Crippen LogP contribution in [0.25, 0.3) is 10.8 Å². The van der Waals surface area contributed by atoms with Crippen molar-refractivity contribution in [3.8, 4) is 10.8 Å². The summed E-state index contributed by atoms with van der Waals surface area (Å²) in [6.45, 7) is 3.34. The van der Waals surface area contributed by atoms with Crippen LogP contribution in [0.4, 0.5) is 8.78 Å². The fourth-order valence-electron chi connectivity index (χ4n) is 1.89. The van der Waals surface area contributed by atoms with Crippen LogP contribution >= 0.6 is 11.3 Å². The zero-order valence-corrected chi connectivity index (χ0v) is 13.1. The number of carboxylic acids is 1. The molecule has 0 saturated heterocycles. The van der Waals surface area contributed by atoms with Gasteiger partial charge in [-0.3, -0.25) is 4.79 Å². The number of aliphatic carboxylic acids is 1. The molecular formula is C14H14F2N2O4S. The number of hydrogen-bond donors (Lipinski definition) is 2. The third-order valence-electron chi connectivity index (χ3n) is 2.97. The van der Waals surface area contributed by atoms with Crippen molar-refractivity contribution < 1.29 is 27.9 Å². The van der Waals surface area contributed by atoms with Crippen molar-refractivity contribution in [2.24, 2.45) is 0 Å². The fourth-order valence-corrected chi connectivity index (χ4v) is 2.82. The summed E-state index contributed by atoms with van der Waals surface area (Å²) >= 11 is 1.01. The predicted octanol–water partition coefficient (Wildman–Crippen LogP) is 2.86. The molecule has 2 aromatic rings. The molecule has 0 saturated carbocycles. The average Bonchev–Trinajstić information content (AvgIpc) is 3.03. The molecule has 0 radical (unpaired) electrons. The second kappa shape index (κ2) is 6.86. The third-order valence-corrected chi connectivity index (χ3v) is 4.14. The molecule has 0 aliphatic carbocycles. The number of carbonyl (C=O) groups excluding carboxylic acids is 1. The van der Waals surface area contributed by atoms with Gasteiger partial charge in [-0.15, -0.1) is 11.3 Å². The van der Waals surface area contributed by atoms with Gasteiger partial charge in [-0.1, -0.05) is 0 Å². The Morgan fingerprint density at radius 1 is 1.39 bits per heavy atom. The van der Waals surface area contributed by atoms with Gasteiger partial charge in [0.2, 0.25) is 6.43 Å². The summed E-state index contributed by atoms with van der Waals surface area (Å²) < 4.78 is 30.1. The molecule has 1 unspecified atom stereocenters. The van der Waals surface area contributed by atoms with Crippen LogP contribution in [0.1, 0.15) is 27.5 Å². The van der Waals surface area contributed by atoms with Crippen molar-refractivity contribution in [1.82, 2.24) is 10.3 Å². The molecule has 0 fully saturated rings. The van der Waals surface area contributed by atoms with E-state index >= 15 is 0 Å². The first-order valence-electron chi connectivity index (χ1n) is 6.64. The Morgan fingerprint density at radius 2 is 2.09 bits per heavy atom. The van der Waals surface area contributed by atoms with Gasteiger partial charge in [0.1, 0.15) is 16.7 Å². The third kappa shape index (κ3) is 4.13. The summed E-state index contributed by atoms with van der Waals surface area (Å²) in [5, 5.41) is 11.5. The Balaban J connectivity index is 2.19. The molecular weight excluding hydrogens is 330 g/mol. The van der Waals surface area contributed by atoms with Gasteiger partial charge in [0.25, 0.3) is 5.91 Å². The highest BCUT2D eigenvalue weighted by Crippen LogP contribution is 2.29. The largest absolute Gasteiger partial charge is 0.480 e. The van der Waals surface area contributed by atoms with Crippen molar-refractivity contribution in [2.45, 2.75) is 32.7 Å². The van der Waals surface area contributed by atoms with Gasteiger partial charge < -0.3 is 14.8 Å². The van der Waals surface area contributed by atoms with E-state index in [2.05, 4.69) is 10.3 Å². The second-order valence-corrected chi connectivity index (χ2v) is 5.83. The van der Waals surface area contributed by atoms with Crippen LogP contribution < -0.4 is 5.32 Å². The van der Waals surface area contributed by atoms with E-state index in [0.717, 1.165) is 11.3 Å². The Morgan fingerprint density at radius 3 is 2.61 bits per heavy atom. The zero-order chi connectivity index (χ0) is 17.1. The second-order valence-electron chi connectivity index (χ2n) is 4.83. The lowest BCUT2D eigenvalue weighted by molar-refractivity contribution is -0.140. The van der Waals surface area contributed by atoms with E-state index in [1.54, 1.807) is 26.0 Å². The summed E-state index contributed by atoms with van der Waals surface area (Å²) in [5.41, 5.74) is 0.373. The lowest BCUT2D eigenvalue weighted by atomic mass is 10.2. The SMILES string of the molecule is Cc1ccc(-c2nc(C)c(C(=O)NC(CC(F)F)C(=O)O)s2)o1. The molecule has 2 N–H and O–H groups in total. The maximum absolute atomic E-state index is 12.4. The van der Waals surface area contributed by atoms with Gasteiger partial charge in [0, 0.05) is 6.42 Å². The molecule has 23 heavy (non-hydrogen) atoms. The van der Waals surface area contributed by atoms with Crippen LogP contribution in [-0.2, 0) is 4.79 Å². The van der Waals surface area contributed by atoms with Crippen LogP contribution in [0, 0.1) is 13.8 Å². The topological polar surface area (TPSA) is 92.4 Å². The van der Waals surface area contributed by atoms with Gasteiger partial charge >= 0.3 is 5.97 Å². The lowest BCUT2D eigenvalue weighted by Gasteiger charge is -2.13. The highest BCUT2D eigenvalue weighted by atomic mass is 32.1. The van der Waals surface area contributed by atoms with E-state index in [-0.39, 0.29) is 4.88 Å². The minimum atomic E-state index is -2.83. The Bertz CT molecular complexity index is 726. The zero-order valence-electron chi connectivity index (χ0n) is 12.3. The van der Waals surface area contributed by atoms with Gasteiger partial charge in [0.15, 0.2) is 10.8 Å². The predicted molar refractivity (Wildman–Crippen MR) is 78.8 cm³/mol. The first-order chi connectivity index (χ1) is 10.8. The molecule has 124 valence electrons. The smallest absolute Gasteiger partial charge is 0.326 e. The van der Waals surface area contributed by atoms with Crippen LogP contribution in [0.3, 0.4) is 0 Å². The maximum Gasteiger partial charge on any atom is 0.326 e. The molecule has 6 nitrogen and oxygen atoms in total. The van der Waals surface area contributed by atoms with E-state index in [1.807, 2.05) is 0 Å². The number of carbonyl (C=O) groups is 2. The quantitative estimate of drug-likeness (QED) is 0.840. The number of hydrogen-bond acceptors (Lipinski definition) is 5. The molecule has 9 heteroatoms. The van der Waals surface area contributed by atoms with Gasteiger partial charge in [0.05, 0.1) is 5.69 Å². The summed E-state index contributed by atoms with van der Waals surface area (Å²) in [5.74, 6) is -1.09. The number of aryl methyl sites for hydroxylation is 2. The molecule has 1 atom stereocenters. The molecule has 0 aliphatic rings. The van der Waals surface area contributed by atoms with E-state index < -0.39 is 30.8 Å². The number of furan rings is 1. The summed E-state index contributed by atoms with van der Waals surface area (Å²) in [7, 11) is 0. The van der Waals surface area contributed by atoms with Crippen molar-refractivity contribution in [3.05, 3.63) is 28.5 Å². The number of rotatable bonds is 6. The first-order valence-corrected chi connectivity index (χ1v) is 7.45. The molecule has 0 aromatic carbocycles. The number of thiazole rings is 1. The highest BCUT2D eigenvalue weighted by Gasteiger charge is 2.26. The Labute approximate surface area is 134 Å². The number of alkyl halides is 2. The Kier molecular flexibility index (Phi) is 5.09. The van der Waals surface area contributed by atoms with Crippen molar-refractivity contribution >= 4 is 23.2 Å².